The first kappa shape index (κ1) is 19.8. The lowest BCUT2D eigenvalue weighted by Gasteiger charge is -2.23. The monoisotopic (exact) mass is 403 g/mol. The summed E-state index contributed by atoms with van der Waals surface area (Å²) in [6, 6.07) is 9.51. The molecule has 0 aliphatic heterocycles. The summed E-state index contributed by atoms with van der Waals surface area (Å²) < 4.78 is 38.6. The lowest BCUT2D eigenvalue weighted by Crippen LogP contribution is -2.14. The van der Waals surface area contributed by atoms with E-state index in [0.29, 0.717) is 0 Å². The van der Waals surface area contributed by atoms with Crippen molar-refractivity contribution in [3.05, 3.63) is 77.6 Å². The minimum Gasteiger partial charge on any atom is -0.478 e. The number of nitrogens with zero attached hydrogens (tertiary/aromatic N) is 3. The van der Waals surface area contributed by atoms with Gasteiger partial charge in [-0.2, -0.15) is 13.2 Å². The summed E-state index contributed by atoms with van der Waals surface area (Å²) in [7, 11) is 0. The maximum Gasteiger partial charge on any atom is 0.416 e. The number of aromatic carboxylic acids is 2. The molecule has 0 saturated carbocycles. The van der Waals surface area contributed by atoms with Gasteiger partial charge in [0.25, 0.3) is 0 Å². The number of anilines is 3. The molecule has 2 N–H and O–H groups in total. The number of hydrogen-bond acceptors (Lipinski definition) is 5. The fraction of sp³-hybridized carbons (Fsp3) is 0.0526. The fourth-order valence-electron chi connectivity index (χ4n) is 2.47. The van der Waals surface area contributed by atoms with Crippen LogP contribution in [-0.4, -0.2) is 32.1 Å². The number of halogens is 3. The molecular weight excluding hydrogens is 391 g/mol. The Morgan fingerprint density at radius 2 is 1.21 bits per heavy atom. The number of carbonyl (C=O) groups is 2. The van der Waals surface area contributed by atoms with Gasteiger partial charge < -0.3 is 10.2 Å². The first-order valence-electron chi connectivity index (χ1n) is 8.03. The molecule has 0 spiro atoms. The molecule has 0 bridgehead atoms. The molecule has 3 rings (SSSR count). The van der Waals surface area contributed by atoms with Gasteiger partial charge in [-0.05, 0) is 48.5 Å². The number of pyridine rings is 2. The molecule has 0 radical (unpaired) electrons. The van der Waals surface area contributed by atoms with Crippen molar-refractivity contribution in [1.82, 2.24) is 9.97 Å². The Hall–Kier alpha value is -3.95. The molecule has 2 aromatic heterocycles. The summed E-state index contributed by atoms with van der Waals surface area (Å²) in [5.74, 6) is -2.00. The van der Waals surface area contributed by atoms with Crippen LogP contribution in [0.1, 0.15) is 26.3 Å². The molecule has 29 heavy (non-hydrogen) atoms. The Bertz CT molecular complexity index is 977. The first-order chi connectivity index (χ1) is 13.7. The first-order valence-corrected chi connectivity index (χ1v) is 8.03. The van der Waals surface area contributed by atoms with Gasteiger partial charge in [0.15, 0.2) is 0 Å². The van der Waals surface area contributed by atoms with Crippen molar-refractivity contribution in [1.29, 1.82) is 0 Å². The standard InChI is InChI=1S/C19H12F3N3O4/c20-19(21,22)13-3-5-14(6-4-13)25(15-7-1-11(9-23-15)17(26)27)16-8-2-12(10-24-16)18(28)29/h1-10H,(H,26,27)(H,28,29). The summed E-state index contributed by atoms with van der Waals surface area (Å²) in [4.78, 5) is 31.5. The number of rotatable bonds is 5. The van der Waals surface area contributed by atoms with Gasteiger partial charge in [0, 0.05) is 18.1 Å². The van der Waals surface area contributed by atoms with Gasteiger partial charge in [-0.3, -0.25) is 4.90 Å². The van der Waals surface area contributed by atoms with Crippen LogP contribution in [0.3, 0.4) is 0 Å². The second-order valence-electron chi connectivity index (χ2n) is 5.80. The highest BCUT2D eigenvalue weighted by molar-refractivity contribution is 5.88. The Balaban J connectivity index is 2.08. The number of carboxylic acids is 2. The summed E-state index contributed by atoms with van der Waals surface area (Å²) in [6.07, 6.45) is -2.31. The molecular formula is C19H12F3N3O4. The molecule has 7 nitrogen and oxygen atoms in total. The van der Waals surface area contributed by atoms with E-state index >= 15 is 0 Å². The van der Waals surface area contributed by atoms with E-state index in [2.05, 4.69) is 9.97 Å². The van der Waals surface area contributed by atoms with E-state index in [4.69, 9.17) is 10.2 Å². The molecule has 10 heteroatoms. The Kier molecular flexibility index (Phi) is 5.18. The second-order valence-corrected chi connectivity index (χ2v) is 5.80. The van der Waals surface area contributed by atoms with Gasteiger partial charge in [-0.25, -0.2) is 19.6 Å². The predicted molar refractivity (Wildman–Crippen MR) is 95.6 cm³/mol. The van der Waals surface area contributed by atoms with E-state index in [1.165, 1.54) is 41.3 Å². The third-order valence-corrected chi connectivity index (χ3v) is 3.90. The lowest BCUT2D eigenvalue weighted by atomic mass is 10.1. The predicted octanol–water partition coefficient (Wildman–Crippen LogP) is 4.36. The maximum atomic E-state index is 12.9. The molecule has 148 valence electrons. The van der Waals surface area contributed by atoms with Gasteiger partial charge in [-0.1, -0.05) is 0 Å². The Morgan fingerprint density at radius 1 is 0.759 bits per heavy atom. The van der Waals surface area contributed by atoms with Crippen molar-refractivity contribution in [3.8, 4) is 0 Å². The highest BCUT2D eigenvalue weighted by Gasteiger charge is 2.30. The van der Waals surface area contributed by atoms with E-state index in [9.17, 15) is 22.8 Å². The number of alkyl halides is 3. The van der Waals surface area contributed by atoms with Crippen LogP contribution in [0.15, 0.2) is 60.9 Å². The maximum absolute atomic E-state index is 12.9. The van der Waals surface area contributed by atoms with Crippen molar-refractivity contribution in [3.63, 3.8) is 0 Å². The zero-order valence-electron chi connectivity index (χ0n) is 14.5. The van der Waals surface area contributed by atoms with Crippen molar-refractivity contribution in [2.45, 2.75) is 6.18 Å². The van der Waals surface area contributed by atoms with Crippen LogP contribution >= 0.6 is 0 Å². The SMILES string of the molecule is O=C(O)c1ccc(N(c2ccc(C(F)(F)F)cc2)c2ccc(C(=O)O)cn2)nc1. The topological polar surface area (TPSA) is 104 Å². The van der Waals surface area contributed by atoms with Gasteiger partial charge >= 0.3 is 18.1 Å². The van der Waals surface area contributed by atoms with Gasteiger partial charge in [-0.15, -0.1) is 0 Å². The van der Waals surface area contributed by atoms with Crippen LogP contribution in [-0.2, 0) is 6.18 Å². The van der Waals surface area contributed by atoms with Gasteiger partial charge in [0.2, 0.25) is 0 Å². The van der Waals surface area contributed by atoms with E-state index in [0.717, 1.165) is 24.5 Å². The average Bonchev–Trinajstić information content (AvgIpc) is 2.69. The van der Waals surface area contributed by atoms with Crippen LogP contribution in [0.25, 0.3) is 0 Å². The summed E-state index contributed by atoms with van der Waals surface area (Å²) in [5.41, 5.74) is -0.723. The number of aromatic nitrogens is 2. The van der Waals surface area contributed by atoms with E-state index in [1.807, 2.05) is 0 Å². The Labute approximate surface area is 161 Å². The molecule has 0 amide bonds. The molecule has 0 aliphatic carbocycles. The Morgan fingerprint density at radius 3 is 1.52 bits per heavy atom. The highest BCUT2D eigenvalue weighted by atomic mass is 19.4. The van der Waals surface area contributed by atoms with E-state index in [1.54, 1.807) is 0 Å². The van der Waals surface area contributed by atoms with Crippen molar-refractivity contribution in [2.24, 2.45) is 0 Å². The zero-order valence-corrected chi connectivity index (χ0v) is 14.5. The smallest absolute Gasteiger partial charge is 0.416 e. The van der Waals surface area contributed by atoms with Gasteiger partial charge in [0.05, 0.1) is 16.7 Å². The number of carboxylic acid groups (broad SMARTS) is 2. The lowest BCUT2D eigenvalue weighted by molar-refractivity contribution is -0.137. The normalized spacial score (nSPS) is 11.1. The van der Waals surface area contributed by atoms with Crippen LogP contribution in [0.2, 0.25) is 0 Å². The molecule has 0 fully saturated rings. The van der Waals surface area contributed by atoms with Crippen LogP contribution < -0.4 is 4.90 Å². The highest BCUT2D eigenvalue weighted by Crippen LogP contribution is 2.35. The molecule has 0 saturated heterocycles. The second kappa shape index (κ2) is 7.58. The molecule has 0 aliphatic rings. The largest absolute Gasteiger partial charge is 0.478 e. The average molecular weight is 403 g/mol. The molecule has 0 atom stereocenters. The number of benzene rings is 1. The molecule has 3 aromatic rings. The minimum absolute atomic E-state index is 0.0738. The summed E-state index contributed by atoms with van der Waals surface area (Å²) in [6.45, 7) is 0. The quantitative estimate of drug-likeness (QED) is 0.652. The minimum atomic E-state index is -4.51. The summed E-state index contributed by atoms with van der Waals surface area (Å²) >= 11 is 0. The fourth-order valence-corrected chi connectivity index (χ4v) is 2.47. The van der Waals surface area contributed by atoms with E-state index < -0.39 is 23.7 Å². The third-order valence-electron chi connectivity index (χ3n) is 3.90. The van der Waals surface area contributed by atoms with Crippen LogP contribution in [0.4, 0.5) is 30.5 Å². The van der Waals surface area contributed by atoms with Crippen molar-refractivity contribution in [2.75, 3.05) is 4.90 Å². The molecule has 2 heterocycles. The summed E-state index contributed by atoms with van der Waals surface area (Å²) in [5, 5.41) is 18.0. The van der Waals surface area contributed by atoms with Crippen LogP contribution in [0, 0.1) is 0 Å². The van der Waals surface area contributed by atoms with Gasteiger partial charge in [0.1, 0.15) is 11.6 Å². The zero-order chi connectivity index (χ0) is 21.2. The molecule has 0 unspecified atom stereocenters. The third kappa shape index (κ3) is 4.32. The molecule has 1 aromatic carbocycles. The number of hydrogen-bond donors (Lipinski definition) is 2. The van der Waals surface area contributed by atoms with E-state index in [-0.39, 0.29) is 28.5 Å². The van der Waals surface area contributed by atoms with Crippen LogP contribution in [0.5, 0.6) is 0 Å². The van der Waals surface area contributed by atoms with Crippen molar-refractivity contribution < 1.29 is 33.0 Å². The van der Waals surface area contributed by atoms with Crippen molar-refractivity contribution >= 4 is 29.3 Å².